The first kappa shape index (κ1) is 26.8. The van der Waals surface area contributed by atoms with Gasteiger partial charge in [-0.1, -0.05) is 19.2 Å². The molecule has 192 valence electrons. The number of nitrogens with zero attached hydrogens (tertiary/aromatic N) is 3. The third-order valence-electron chi connectivity index (χ3n) is 6.59. The van der Waals surface area contributed by atoms with Crippen LogP contribution in [0.4, 0.5) is 0 Å². The van der Waals surface area contributed by atoms with Crippen molar-refractivity contribution < 1.29 is 23.9 Å². The minimum absolute atomic E-state index is 0.189. The van der Waals surface area contributed by atoms with Crippen LogP contribution in [-0.4, -0.2) is 95.8 Å². The maximum atomic E-state index is 12.8. The van der Waals surface area contributed by atoms with Gasteiger partial charge in [0.05, 0.1) is 6.54 Å². The summed E-state index contributed by atoms with van der Waals surface area (Å²) in [5, 5.41) is 2.32. The molecule has 1 N–H and O–H groups in total. The number of piperazine rings is 1. The number of rotatable bonds is 8. The van der Waals surface area contributed by atoms with E-state index in [0.717, 1.165) is 56.7 Å². The molecule has 3 saturated heterocycles. The van der Waals surface area contributed by atoms with Crippen molar-refractivity contribution in [3.63, 3.8) is 0 Å². The molecule has 9 nitrogen and oxygen atoms in total. The van der Waals surface area contributed by atoms with Gasteiger partial charge in [0.15, 0.2) is 0 Å². The smallest absolute Gasteiger partial charge is 0.320 e. The molecule has 0 aromatic heterocycles. The fourth-order valence-corrected chi connectivity index (χ4v) is 4.76. The van der Waals surface area contributed by atoms with E-state index in [0.29, 0.717) is 25.1 Å². The van der Waals surface area contributed by atoms with Crippen molar-refractivity contribution >= 4 is 23.7 Å². The predicted molar refractivity (Wildman–Crippen MR) is 132 cm³/mol. The average Bonchev–Trinajstić information content (AvgIpc) is 3.05. The molecule has 0 bridgehead atoms. The molecule has 0 saturated carbocycles. The Bertz CT molecular complexity index is 925. The number of ether oxygens (including phenoxy) is 1. The normalized spacial score (nSPS) is 24.0. The second-order valence-electron chi connectivity index (χ2n) is 10.4. The van der Waals surface area contributed by atoms with Crippen LogP contribution in [0.1, 0.15) is 46.5 Å². The highest BCUT2D eigenvalue weighted by Gasteiger charge is 2.40. The molecular weight excluding hydrogens is 448 g/mol. The van der Waals surface area contributed by atoms with E-state index in [1.165, 1.54) is 4.90 Å². The van der Waals surface area contributed by atoms with E-state index >= 15 is 0 Å². The van der Waals surface area contributed by atoms with Crippen LogP contribution in [-0.2, 0) is 23.9 Å². The van der Waals surface area contributed by atoms with Gasteiger partial charge in [-0.2, -0.15) is 0 Å². The topological polar surface area (TPSA) is 99.3 Å². The molecule has 3 rings (SSSR count). The van der Waals surface area contributed by atoms with E-state index in [-0.39, 0.29) is 24.2 Å². The summed E-state index contributed by atoms with van der Waals surface area (Å²) in [4.78, 5) is 54.6. The van der Waals surface area contributed by atoms with Gasteiger partial charge in [-0.25, -0.2) is 0 Å². The largest absolute Gasteiger partial charge is 0.459 e. The molecule has 35 heavy (non-hydrogen) atoms. The number of piperidine rings is 1. The lowest BCUT2D eigenvalue weighted by Crippen LogP contribution is -2.52. The van der Waals surface area contributed by atoms with Gasteiger partial charge in [0.1, 0.15) is 11.6 Å². The fourth-order valence-electron chi connectivity index (χ4n) is 4.76. The minimum atomic E-state index is -0.641. The summed E-state index contributed by atoms with van der Waals surface area (Å²) < 4.78 is 5.41. The van der Waals surface area contributed by atoms with Crippen LogP contribution in [0.3, 0.4) is 0 Å². The molecule has 0 aliphatic carbocycles. The van der Waals surface area contributed by atoms with Crippen molar-refractivity contribution in [2.75, 3.05) is 45.8 Å². The predicted octanol–water partition coefficient (Wildman–Crippen LogP) is 1.41. The number of allylic oxidation sites excluding steroid dienone is 2. The number of hydrogen-bond acceptors (Lipinski definition) is 7. The Hall–Kier alpha value is -2.78. The third-order valence-corrected chi connectivity index (χ3v) is 6.59. The van der Waals surface area contributed by atoms with Gasteiger partial charge in [0, 0.05) is 44.7 Å². The zero-order valence-electron chi connectivity index (χ0n) is 21.2. The first-order valence-electron chi connectivity index (χ1n) is 12.3. The molecule has 3 heterocycles. The van der Waals surface area contributed by atoms with E-state index in [1.54, 1.807) is 6.08 Å². The van der Waals surface area contributed by atoms with Crippen LogP contribution < -0.4 is 5.32 Å². The lowest BCUT2D eigenvalue weighted by Gasteiger charge is -2.34. The number of amides is 3. The second-order valence-corrected chi connectivity index (χ2v) is 10.4. The van der Waals surface area contributed by atoms with Crippen molar-refractivity contribution in [1.29, 1.82) is 0 Å². The number of nitrogens with one attached hydrogen (secondary N) is 1. The van der Waals surface area contributed by atoms with Crippen LogP contribution in [0.15, 0.2) is 36.0 Å². The number of carbonyl (C=O) groups is 4. The van der Waals surface area contributed by atoms with Crippen LogP contribution >= 0.6 is 0 Å². The minimum Gasteiger partial charge on any atom is -0.459 e. The molecule has 0 aromatic rings. The molecule has 0 spiro atoms. The summed E-state index contributed by atoms with van der Waals surface area (Å²) in [5.41, 5.74) is 1.74. The summed E-state index contributed by atoms with van der Waals surface area (Å²) in [5.74, 6) is -1.17. The standard InChI is InChI=1S/C26H38N4O5/c1-6-19(20-16-30(25(34)18(20)2)21-9-10-22(31)27-24(21)33)8-7-11-28-12-14-29(15-13-28)17-23(32)35-26(3,4)5/h6,21H,1-2,7-17H2,3-5H3,(H,27,31,33)/b20-19+. The fraction of sp³-hybridized carbons (Fsp3) is 0.615. The molecule has 3 amide bonds. The molecular formula is C26H38N4O5. The maximum Gasteiger partial charge on any atom is 0.320 e. The number of imide groups is 1. The lowest BCUT2D eigenvalue weighted by molar-refractivity contribution is -0.156. The summed E-state index contributed by atoms with van der Waals surface area (Å²) in [6.07, 6.45) is 4.00. The first-order valence-corrected chi connectivity index (χ1v) is 12.3. The first-order chi connectivity index (χ1) is 16.5. The Morgan fingerprint density at radius 2 is 1.80 bits per heavy atom. The Kier molecular flexibility index (Phi) is 8.66. The molecule has 3 aliphatic heterocycles. The SMILES string of the molecule is C=C/C(CCCN1CCN(CC(=O)OC(C)(C)C)CC1)=C1/CN(C2CCC(=O)NC2=O)C(=O)C1=C. The van der Waals surface area contributed by atoms with Crippen molar-refractivity contribution in [3.8, 4) is 0 Å². The monoisotopic (exact) mass is 486 g/mol. The molecule has 3 fully saturated rings. The number of likely N-dealkylation sites (tertiary alicyclic amines) is 1. The van der Waals surface area contributed by atoms with Gasteiger partial charge in [-0.3, -0.25) is 29.4 Å². The zero-order valence-corrected chi connectivity index (χ0v) is 21.2. The van der Waals surface area contributed by atoms with Gasteiger partial charge in [0.2, 0.25) is 11.8 Å². The molecule has 0 radical (unpaired) electrons. The van der Waals surface area contributed by atoms with Crippen molar-refractivity contribution in [1.82, 2.24) is 20.0 Å². The number of hydrogen-bond donors (Lipinski definition) is 1. The van der Waals surface area contributed by atoms with Crippen molar-refractivity contribution in [2.45, 2.75) is 58.1 Å². The van der Waals surface area contributed by atoms with Crippen LogP contribution in [0, 0.1) is 0 Å². The van der Waals surface area contributed by atoms with Gasteiger partial charge in [0.25, 0.3) is 5.91 Å². The van der Waals surface area contributed by atoms with Crippen molar-refractivity contribution in [2.24, 2.45) is 0 Å². The second kappa shape index (κ2) is 11.3. The quantitative estimate of drug-likeness (QED) is 0.315. The highest BCUT2D eigenvalue weighted by atomic mass is 16.6. The Morgan fingerprint density at radius 1 is 1.14 bits per heavy atom. The van der Waals surface area contributed by atoms with Gasteiger partial charge >= 0.3 is 5.97 Å². The van der Waals surface area contributed by atoms with E-state index in [4.69, 9.17) is 4.74 Å². The highest BCUT2D eigenvalue weighted by Crippen LogP contribution is 2.31. The van der Waals surface area contributed by atoms with Crippen LogP contribution in [0.5, 0.6) is 0 Å². The van der Waals surface area contributed by atoms with E-state index in [2.05, 4.69) is 28.3 Å². The maximum absolute atomic E-state index is 12.8. The van der Waals surface area contributed by atoms with Gasteiger partial charge in [-0.15, -0.1) is 0 Å². The van der Waals surface area contributed by atoms with Crippen molar-refractivity contribution in [3.05, 3.63) is 36.0 Å². The molecule has 1 unspecified atom stereocenters. The summed E-state index contributed by atoms with van der Waals surface area (Å²) in [7, 11) is 0. The lowest BCUT2D eigenvalue weighted by atomic mass is 9.99. The zero-order chi connectivity index (χ0) is 25.8. The molecule has 9 heteroatoms. The van der Waals surface area contributed by atoms with Crippen LogP contribution in [0.2, 0.25) is 0 Å². The Balaban J connectivity index is 1.48. The summed E-state index contributed by atoms with van der Waals surface area (Å²) in [6.45, 7) is 18.5. The van der Waals surface area contributed by atoms with Gasteiger partial charge < -0.3 is 14.5 Å². The van der Waals surface area contributed by atoms with E-state index in [9.17, 15) is 19.2 Å². The molecule has 3 aliphatic rings. The van der Waals surface area contributed by atoms with E-state index < -0.39 is 17.6 Å². The van der Waals surface area contributed by atoms with E-state index in [1.807, 2.05) is 20.8 Å². The summed E-state index contributed by atoms with van der Waals surface area (Å²) in [6, 6.07) is -0.641. The molecule has 1 atom stereocenters. The Morgan fingerprint density at radius 3 is 2.40 bits per heavy atom. The summed E-state index contributed by atoms with van der Waals surface area (Å²) >= 11 is 0. The molecule has 0 aromatic carbocycles. The average molecular weight is 487 g/mol. The highest BCUT2D eigenvalue weighted by molar-refractivity contribution is 6.06. The number of esters is 1. The van der Waals surface area contributed by atoms with Crippen LogP contribution in [0.25, 0.3) is 0 Å². The Labute approximate surface area is 207 Å². The third kappa shape index (κ3) is 7.11. The number of carbonyl (C=O) groups excluding carboxylic acids is 4. The van der Waals surface area contributed by atoms with Gasteiger partial charge in [-0.05, 0) is 57.7 Å².